The summed E-state index contributed by atoms with van der Waals surface area (Å²) in [6.45, 7) is 0. The molecule has 16 rings (SSSR count). The quantitative estimate of drug-likeness (QED) is 0.122. The summed E-state index contributed by atoms with van der Waals surface area (Å²) in [6.07, 6.45) is 0. The molecule has 396 valence electrons. The van der Waals surface area contributed by atoms with Gasteiger partial charge in [-0.25, -0.2) is 0 Å². The molecule has 0 atom stereocenters. The normalized spacial score (nSPS) is 11.6. The Hall–Kier alpha value is -11.5. The lowest BCUT2D eigenvalue weighted by Gasteiger charge is -2.26. The van der Waals surface area contributed by atoms with Crippen LogP contribution in [0.3, 0.4) is 0 Å². The standard InChI is InChI=1S/C76H52N8/c1-7-25-53(26-8-1)79(54-27-9-2-10-28-54)59-44-48-72-67(49-59)64-39-21-23-41-69(64)83(72)75-52-74(81(57-33-15-5-16-34-57)60-45-47-71-66(50-60)63-38-20-22-40-68(63)82(71)58-35-17-6-18-36-58)77-76(78-75)84-70-42-24-19-37-62(70)65-46-43-61(51-73(65)84)80(55-29-11-3-12-30-55)56-31-13-4-14-32-56/h1-52H. The Morgan fingerprint density at radius 1 is 0.214 bits per heavy atom. The van der Waals surface area contributed by atoms with E-state index in [0.29, 0.717) is 11.8 Å². The van der Waals surface area contributed by atoms with E-state index in [-0.39, 0.29) is 0 Å². The van der Waals surface area contributed by atoms with Crippen LogP contribution in [-0.2, 0) is 0 Å². The summed E-state index contributed by atoms with van der Waals surface area (Å²) < 4.78 is 6.95. The van der Waals surface area contributed by atoms with Gasteiger partial charge >= 0.3 is 0 Å². The predicted molar refractivity (Wildman–Crippen MR) is 349 cm³/mol. The second-order valence-electron chi connectivity index (χ2n) is 21.1. The van der Waals surface area contributed by atoms with Crippen molar-refractivity contribution in [3.8, 4) is 17.5 Å². The molecule has 0 N–H and O–H groups in total. The van der Waals surface area contributed by atoms with Gasteiger partial charge in [-0.1, -0.05) is 170 Å². The second kappa shape index (κ2) is 20.3. The van der Waals surface area contributed by atoms with E-state index in [9.17, 15) is 0 Å². The summed E-state index contributed by atoms with van der Waals surface area (Å²) in [5.74, 6) is 1.95. The number of anilines is 9. The zero-order valence-electron chi connectivity index (χ0n) is 45.6. The molecule has 0 aliphatic carbocycles. The van der Waals surface area contributed by atoms with Gasteiger partial charge in [0.2, 0.25) is 5.95 Å². The molecular weight excluding hydrogens is 1020 g/mol. The highest BCUT2D eigenvalue weighted by molar-refractivity contribution is 6.13. The van der Waals surface area contributed by atoms with Crippen molar-refractivity contribution in [1.29, 1.82) is 0 Å². The molecule has 0 amide bonds. The van der Waals surface area contributed by atoms with E-state index in [1.807, 2.05) is 0 Å². The monoisotopic (exact) mass is 1080 g/mol. The molecule has 12 aromatic carbocycles. The third-order valence-electron chi connectivity index (χ3n) is 16.2. The number of rotatable bonds is 12. The van der Waals surface area contributed by atoms with Crippen LogP contribution in [0.5, 0.6) is 0 Å². The molecule has 4 aromatic heterocycles. The Morgan fingerprint density at radius 2 is 0.560 bits per heavy atom. The van der Waals surface area contributed by atoms with Crippen LogP contribution in [0.2, 0.25) is 0 Å². The average molecular weight is 1080 g/mol. The lowest BCUT2D eigenvalue weighted by atomic mass is 10.1. The van der Waals surface area contributed by atoms with E-state index < -0.39 is 0 Å². The van der Waals surface area contributed by atoms with Gasteiger partial charge in [0.15, 0.2) is 0 Å². The highest BCUT2D eigenvalue weighted by Crippen LogP contribution is 2.45. The largest absolute Gasteiger partial charge is 0.310 e. The lowest BCUT2D eigenvalue weighted by molar-refractivity contribution is 0.941. The van der Waals surface area contributed by atoms with Gasteiger partial charge < -0.3 is 14.4 Å². The first-order valence-corrected chi connectivity index (χ1v) is 28.4. The zero-order chi connectivity index (χ0) is 55.5. The molecule has 0 fully saturated rings. The van der Waals surface area contributed by atoms with E-state index in [1.165, 1.54) is 5.39 Å². The van der Waals surface area contributed by atoms with E-state index in [2.05, 4.69) is 344 Å². The van der Waals surface area contributed by atoms with Gasteiger partial charge in [-0.15, -0.1) is 0 Å². The molecule has 0 aliphatic heterocycles. The maximum Gasteiger partial charge on any atom is 0.238 e. The average Bonchev–Trinajstić information content (AvgIpc) is 4.00. The van der Waals surface area contributed by atoms with E-state index in [1.54, 1.807) is 0 Å². The van der Waals surface area contributed by atoms with Gasteiger partial charge in [-0.05, 0) is 140 Å². The lowest BCUT2D eigenvalue weighted by Crippen LogP contribution is -2.15. The number of fused-ring (bicyclic) bond motifs is 9. The molecule has 8 nitrogen and oxygen atoms in total. The topological polar surface area (TPSA) is 50.3 Å². The van der Waals surface area contributed by atoms with Crippen molar-refractivity contribution in [3.05, 3.63) is 315 Å². The van der Waals surface area contributed by atoms with Crippen molar-refractivity contribution in [2.45, 2.75) is 0 Å². The van der Waals surface area contributed by atoms with Crippen molar-refractivity contribution in [2.75, 3.05) is 14.7 Å². The Bertz CT molecular complexity index is 5000. The first-order valence-electron chi connectivity index (χ1n) is 28.4. The van der Waals surface area contributed by atoms with Crippen LogP contribution in [0.25, 0.3) is 82.9 Å². The number of hydrogen-bond acceptors (Lipinski definition) is 5. The summed E-state index contributed by atoms with van der Waals surface area (Å²) in [5, 5.41) is 6.71. The molecule has 16 aromatic rings. The smallest absolute Gasteiger partial charge is 0.238 e. The third-order valence-corrected chi connectivity index (χ3v) is 16.2. The predicted octanol–water partition coefficient (Wildman–Crippen LogP) is 20.2. The van der Waals surface area contributed by atoms with Crippen molar-refractivity contribution in [2.24, 2.45) is 0 Å². The number of nitrogens with zero attached hydrogens (tertiary/aromatic N) is 8. The van der Waals surface area contributed by atoms with Crippen LogP contribution in [0.1, 0.15) is 0 Å². The van der Waals surface area contributed by atoms with Crippen LogP contribution in [-0.4, -0.2) is 23.7 Å². The Kier molecular flexibility index (Phi) is 11.7. The van der Waals surface area contributed by atoms with Crippen LogP contribution in [0, 0.1) is 0 Å². The van der Waals surface area contributed by atoms with Crippen molar-refractivity contribution >= 4 is 117 Å². The molecule has 0 aliphatic rings. The van der Waals surface area contributed by atoms with Crippen molar-refractivity contribution in [3.63, 3.8) is 0 Å². The molecule has 0 bridgehead atoms. The number of benzene rings is 12. The number of aromatic nitrogens is 5. The second-order valence-corrected chi connectivity index (χ2v) is 21.1. The SMILES string of the molecule is c1ccc(N(c2ccccc2)c2ccc3c(c2)c2ccccc2n3-c2cc(N(c3ccccc3)c3ccc4c(c3)c3ccccc3n4-c3ccccc3)nc(-n3c4ccccc4c4ccc(N(c5ccccc5)c5ccccc5)cc43)n2)cc1. The molecule has 0 saturated heterocycles. The maximum absolute atomic E-state index is 5.83. The van der Waals surface area contributed by atoms with Crippen molar-refractivity contribution in [1.82, 2.24) is 23.7 Å². The van der Waals surface area contributed by atoms with Gasteiger partial charge in [0.25, 0.3) is 0 Å². The Morgan fingerprint density at radius 3 is 1.06 bits per heavy atom. The summed E-state index contributed by atoms with van der Waals surface area (Å²) >= 11 is 0. The van der Waals surface area contributed by atoms with Crippen LogP contribution < -0.4 is 14.7 Å². The van der Waals surface area contributed by atoms with E-state index >= 15 is 0 Å². The molecule has 84 heavy (non-hydrogen) atoms. The van der Waals surface area contributed by atoms with E-state index in [0.717, 1.165) is 117 Å². The zero-order valence-corrected chi connectivity index (χ0v) is 45.6. The van der Waals surface area contributed by atoms with Crippen LogP contribution >= 0.6 is 0 Å². The minimum atomic E-state index is 0.529. The van der Waals surface area contributed by atoms with Crippen LogP contribution in [0.15, 0.2) is 315 Å². The number of hydrogen-bond donors (Lipinski definition) is 0. The van der Waals surface area contributed by atoms with Gasteiger partial charge in [0.05, 0.1) is 33.1 Å². The molecule has 0 radical (unpaired) electrons. The van der Waals surface area contributed by atoms with Gasteiger partial charge in [-0.3, -0.25) is 14.0 Å². The first kappa shape index (κ1) is 48.4. The van der Waals surface area contributed by atoms with Crippen LogP contribution in [0.4, 0.5) is 51.3 Å². The number of para-hydroxylation sites is 9. The highest BCUT2D eigenvalue weighted by Gasteiger charge is 2.26. The fourth-order valence-electron chi connectivity index (χ4n) is 12.5. The highest BCUT2D eigenvalue weighted by atomic mass is 15.3. The van der Waals surface area contributed by atoms with Gasteiger partial charge in [-0.2, -0.15) is 9.97 Å². The molecule has 0 spiro atoms. The molecule has 0 unspecified atom stereocenters. The molecule has 0 saturated carbocycles. The Balaban J connectivity index is 0.975. The minimum absolute atomic E-state index is 0.529. The van der Waals surface area contributed by atoms with Gasteiger partial charge in [0.1, 0.15) is 11.6 Å². The molecule has 4 heterocycles. The maximum atomic E-state index is 5.83. The summed E-state index contributed by atoms with van der Waals surface area (Å²) in [5.41, 5.74) is 15.6. The summed E-state index contributed by atoms with van der Waals surface area (Å²) in [7, 11) is 0. The first-order chi connectivity index (χ1) is 41.7. The minimum Gasteiger partial charge on any atom is -0.310 e. The molecular formula is C76H52N8. The fourth-order valence-corrected chi connectivity index (χ4v) is 12.5. The third kappa shape index (κ3) is 8.15. The van der Waals surface area contributed by atoms with Crippen molar-refractivity contribution < 1.29 is 0 Å². The Labute approximate surface area is 485 Å². The summed E-state index contributed by atoms with van der Waals surface area (Å²) in [6, 6.07) is 112. The summed E-state index contributed by atoms with van der Waals surface area (Å²) in [4.78, 5) is 18.6. The molecule has 8 heteroatoms. The van der Waals surface area contributed by atoms with Gasteiger partial charge in [0, 0.05) is 89.6 Å². The fraction of sp³-hybridized carbons (Fsp3) is 0. The van der Waals surface area contributed by atoms with E-state index in [4.69, 9.17) is 9.97 Å².